The number of pyridine rings is 2. The van der Waals surface area contributed by atoms with E-state index in [1.807, 2.05) is 36.4 Å². The first kappa shape index (κ1) is 15.2. The molecule has 3 rings (SSSR count). The Labute approximate surface area is 139 Å². The van der Waals surface area contributed by atoms with Crippen LogP contribution in [0.2, 0.25) is 5.02 Å². The third-order valence-electron chi connectivity index (χ3n) is 3.39. The molecule has 0 aliphatic rings. The van der Waals surface area contributed by atoms with E-state index in [4.69, 9.17) is 11.6 Å². The van der Waals surface area contributed by atoms with Crippen LogP contribution in [0.25, 0.3) is 11.1 Å². The van der Waals surface area contributed by atoms with Crippen LogP contribution in [-0.2, 0) is 6.54 Å². The minimum Gasteiger partial charge on any atom is -0.348 e. The van der Waals surface area contributed by atoms with Gasteiger partial charge in [-0.1, -0.05) is 29.8 Å². The second-order valence-corrected chi connectivity index (χ2v) is 5.39. The van der Waals surface area contributed by atoms with E-state index in [2.05, 4.69) is 15.3 Å². The van der Waals surface area contributed by atoms with Gasteiger partial charge in [-0.05, 0) is 29.8 Å². The van der Waals surface area contributed by atoms with Crippen LogP contribution >= 0.6 is 11.6 Å². The molecule has 0 radical (unpaired) electrons. The summed E-state index contributed by atoms with van der Waals surface area (Å²) in [5.41, 5.74) is 3.15. The zero-order valence-electron chi connectivity index (χ0n) is 12.2. The SMILES string of the molecule is O=C(NCc1ccncc1)c1cncc(-c2ccccc2Cl)c1. The minimum absolute atomic E-state index is 0.178. The number of nitrogens with zero attached hydrogens (tertiary/aromatic N) is 2. The Morgan fingerprint density at radius 1 is 1.04 bits per heavy atom. The fraction of sp³-hybridized carbons (Fsp3) is 0.0556. The van der Waals surface area contributed by atoms with Gasteiger partial charge in [0, 0.05) is 47.5 Å². The Hall–Kier alpha value is -2.72. The van der Waals surface area contributed by atoms with Crippen molar-refractivity contribution in [2.24, 2.45) is 0 Å². The van der Waals surface area contributed by atoms with Crippen LogP contribution in [-0.4, -0.2) is 15.9 Å². The molecule has 5 heteroatoms. The molecule has 0 aliphatic heterocycles. The van der Waals surface area contributed by atoms with Crippen molar-refractivity contribution >= 4 is 17.5 Å². The highest BCUT2D eigenvalue weighted by molar-refractivity contribution is 6.33. The van der Waals surface area contributed by atoms with Crippen LogP contribution in [0.4, 0.5) is 0 Å². The minimum atomic E-state index is -0.178. The van der Waals surface area contributed by atoms with Crippen molar-refractivity contribution < 1.29 is 4.79 Å². The third-order valence-corrected chi connectivity index (χ3v) is 3.72. The van der Waals surface area contributed by atoms with E-state index in [1.54, 1.807) is 30.9 Å². The lowest BCUT2D eigenvalue weighted by atomic mass is 10.1. The maximum Gasteiger partial charge on any atom is 0.253 e. The highest BCUT2D eigenvalue weighted by Crippen LogP contribution is 2.27. The van der Waals surface area contributed by atoms with Crippen molar-refractivity contribution in [2.45, 2.75) is 6.54 Å². The molecule has 1 amide bonds. The molecule has 3 aromatic rings. The number of halogens is 1. The molecule has 0 bridgehead atoms. The van der Waals surface area contributed by atoms with Gasteiger partial charge in [-0.15, -0.1) is 0 Å². The zero-order valence-corrected chi connectivity index (χ0v) is 13.0. The number of rotatable bonds is 4. The van der Waals surface area contributed by atoms with E-state index in [0.717, 1.165) is 16.7 Å². The Bertz CT molecular complexity index is 821. The first-order valence-corrected chi connectivity index (χ1v) is 7.49. The van der Waals surface area contributed by atoms with Gasteiger partial charge in [0.05, 0.1) is 5.56 Å². The molecule has 0 saturated heterocycles. The standard InChI is InChI=1S/C18H14ClN3O/c19-17-4-2-1-3-16(17)14-9-15(12-21-11-14)18(23)22-10-13-5-7-20-8-6-13/h1-9,11-12H,10H2,(H,22,23). The molecule has 0 saturated carbocycles. The summed E-state index contributed by atoms with van der Waals surface area (Å²) in [4.78, 5) is 20.4. The number of benzene rings is 1. The van der Waals surface area contributed by atoms with Gasteiger partial charge in [-0.3, -0.25) is 14.8 Å². The zero-order chi connectivity index (χ0) is 16.1. The monoisotopic (exact) mass is 323 g/mol. The van der Waals surface area contributed by atoms with Gasteiger partial charge in [0.2, 0.25) is 0 Å². The molecular formula is C18H14ClN3O. The number of hydrogen-bond acceptors (Lipinski definition) is 3. The number of hydrogen-bond donors (Lipinski definition) is 1. The Kier molecular flexibility index (Phi) is 4.64. The van der Waals surface area contributed by atoms with E-state index < -0.39 is 0 Å². The van der Waals surface area contributed by atoms with Crippen LogP contribution < -0.4 is 5.32 Å². The molecule has 1 N–H and O–H groups in total. The average Bonchev–Trinajstić information content (AvgIpc) is 2.61. The van der Waals surface area contributed by atoms with Crippen molar-refractivity contribution in [3.8, 4) is 11.1 Å². The van der Waals surface area contributed by atoms with Crippen molar-refractivity contribution in [1.82, 2.24) is 15.3 Å². The van der Waals surface area contributed by atoms with Crippen molar-refractivity contribution in [1.29, 1.82) is 0 Å². The Morgan fingerprint density at radius 2 is 1.83 bits per heavy atom. The first-order valence-electron chi connectivity index (χ1n) is 7.11. The molecule has 0 spiro atoms. The molecule has 0 unspecified atom stereocenters. The van der Waals surface area contributed by atoms with Crippen molar-refractivity contribution in [3.05, 3.63) is 83.4 Å². The second kappa shape index (κ2) is 7.03. The summed E-state index contributed by atoms with van der Waals surface area (Å²) in [6.45, 7) is 0.442. The third kappa shape index (κ3) is 3.73. The van der Waals surface area contributed by atoms with Crippen molar-refractivity contribution in [2.75, 3.05) is 0 Å². The molecule has 0 atom stereocenters. The summed E-state index contributed by atoms with van der Waals surface area (Å²) in [5.74, 6) is -0.178. The topological polar surface area (TPSA) is 54.9 Å². The van der Waals surface area contributed by atoms with Gasteiger partial charge in [-0.2, -0.15) is 0 Å². The van der Waals surface area contributed by atoms with E-state index in [1.165, 1.54) is 0 Å². The second-order valence-electron chi connectivity index (χ2n) is 4.98. The normalized spacial score (nSPS) is 10.3. The molecule has 0 fully saturated rings. The maximum absolute atomic E-state index is 12.3. The molecule has 1 aromatic carbocycles. The van der Waals surface area contributed by atoms with Crippen LogP contribution in [0.3, 0.4) is 0 Å². The number of carbonyl (C=O) groups excluding carboxylic acids is 1. The fourth-order valence-corrected chi connectivity index (χ4v) is 2.44. The van der Waals surface area contributed by atoms with Gasteiger partial charge in [0.25, 0.3) is 5.91 Å². The van der Waals surface area contributed by atoms with Crippen molar-refractivity contribution in [3.63, 3.8) is 0 Å². The number of aromatic nitrogens is 2. The molecule has 23 heavy (non-hydrogen) atoms. The quantitative estimate of drug-likeness (QED) is 0.796. The van der Waals surface area contributed by atoms with E-state index in [0.29, 0.717) is 17.1 Å². The lowest BCUT2D eigenvalue weighted by Gasteiger charge is -2.08. The van der Waals surface area contributed by atoms with Crippen LogP contribution in [0.1, 0.15) is 15.9 Å². The molecule has 2 aromatic heterocycles. The lowest BCUT2D eigenvalue weighted by Crippen LogP contribution is -2.22. The van der Waals surface area contributed by atoms with Gasteiger partial charge in [-0.25, -0.2) is 0 Å². The predicted molar refractivity (Wildman–Crippen MR) is 90.1 cm³/mol. The van der Waals surface area contributed by atoms with Gasteiger partial charge in [0.15, 0.2) is 0 Å². The van der Waals surface area contributed by atoms with E-state index in [9.17, 15) is 4.79 Å². The predicted octanol–water partition coefficient (Wildman–Crippen LogP) is 3.73. The Morgan fingerprint density at radius 3 is 2.61 bits per heavy atom. The Balaban J connectivity index is 1.77. The van der Waals surface area contributed by atoms with Crippen LogP contribution in [0, 0.1) is 0 Å². The molecular weight excluding hydrogens is 310 g/mol. The lowest BCUT2D eigenvalue weighted by molar-refractivity contribution is 0.0950. The largest absolute Gasteiger partial charge is 0.348 e. The highest BCUT2D eigenvalue weighted by Gasteiger charge is 2.09. The summed E-state index contributed by atoms with van der Waals surface area (Å²) in [5, 5.41) is 3.50. The molecule has 4 nitrogen and oxygen atoms in total. The first-order chi connectivity index (χ1) is 11.2. The summed E-state index contributed by atoms with van der Waals surface area (Å²) in [6.07, 6.45) is 6.63. The van der Waals surface area contributed by atoms with Gasteiger partial charge >= 0.3 is 0 Å². The summed E-state index contributed by atoms with van der Waals surface area (Å²) in [6, 6.07) is 13.0. The molecule has 114 valence electrons. The average molecular weight is 324 g/mol. The molecule has 0 aliphatic carbocycles. The smallest absolute Gasteiger partial charge is 0.253 e. The highest BCUT2D eigenvalue weighted by atomic mass is 35.5. The summed E-state index contributed by atoms with van der Waals surface area (Å²) < 4.78 is 0. The maximum atomic E-state index is 12.3. The van der Waals surface area contributed by atoms with E-state index >= 15 is 0 Å². The van der Waals surface area contributed by atoms with Crippen LogP contribution in [0.15, 0.2) is 67.3 Å². The number of carbonyl (C=O) groups is 1. The van der Waals surface area contributed by atoms with Gasteiger partial charge < -0.3 is 5.32 Å². The fourth-order valence-electron chi connectivity index (χ4n) is 2.19. The van der Waals surface area contributed by atoms with Gasteiger partial charge in [0.1, 0.15) is 0 Å². The van der Waals surface area contributed by atoms with Crippen LogP contribution in [0.5, 0.6) is 0 Å². The summed E-state index contributed by atoms with van der Waals surface area (Å²) in [7, 11) is 0. The molecule has 2 heterocycles. The number of amides is 1. The summed E-state index contributed by atoms with van der Waals surface area (Å²) >= 11 is 6.20. The number of nitrogens with one attached hydrogen (secondary N) is 1. The van der Waals surface area contributed by atoms with E-state index in [-0.39, 0.29) is 5.91 Å².